The fourth-order valence-corrected chi connectivity index (χ4v) is 1.33. The minimum absolute atomic E-state index is 0.222. The van der Waals surface area contributed by atoms with Crippen molar-refractivity contribution in [1.82, 2.24) is 5.32 Å². The number of carbonyl (C=O) groups excluding carboxylic acids is 1. The van der Waals surface area contributed by atoms with Gasteiger partial charge >= 0.3 is 0 Å². The van der Waals surface area contributed by atoms with Crippen molar-refractivity contribution < 1.29 is 13.6 Å². The molecule has 3 N–H and O–H groups in total. The van der Waals surface area contributed by atoms with Crippen LogP contribution in [0.2, 0.25) is 0 Å². The maximum absolute atomic E-state index is 13.8. The first-order chi connectivity index (χ1) is 8.16. The summed E-state index contributed by atoms with van der Waals surface area (Å²) in [6.45, 7) is 6.58. The molecule has 1 aromatic carbocycles. The number of hydrogen-bond donors (Lipinski definition) is 2. The molecule has 0 spiro atoms. The van der Waals surface area contributed by atoms with Crippen molar-refractivity contribution in [1.29, 1.82) is 0 Å². The third kappa shape index (κ3) is 2.85. The van der Waals surface area contributed by atoms with E-state index in [0.717, 1.165) is 6.07 Å². The highest BCUT2D eigenvalue weighted by molar-refractivity contribution is 5.95. The monoisotopic (exact) mass is 256 g/mol. The Balaban J connectivity index is 3.10. The number of benzene rings is 1. The summed E-state index contributed by atoms with van der Waals surface area (Å²) >= 11 is 0. The molecule has 0 fully saturated rings. The lowest BCUT2D eigenvalue weighted by molar-refractivity contribution is 0.0894. The van der Waals surface area contributed by atoms with Crippen LogP contribution >= 0.6 is 0 Å². The fraction of sp³-hybridized carbons (Fsp3) is 0.462. The Hall–Kier alpha value is -1.49. The van der Waals surface area contributed by atoms with Crippen molar-refractivity contribution in [3.8, 4) is 0 Å². The quantitative estimate of drug-likeness (QED) is 0.870. The van der Waals surface area contributed by atoms with E-state index < -0.39 is 28.6 Å². The van der Waals surface area contributed by atoms with E-state index in [1.54, 1.807) is 20.8 Å². The molecule has 0 aromatic heterocycles. The molecule has 0 aliphatic heterocycles. The second-order valence-electron chi connectivity index (χ2n) is 5.02. The lowest BCUT2D eigenvalue weighted by Gasteiger charge is -2.30. The van der Waals surface area contributed by atoms with Gasteiger partial charge in [-0.05, 0) is 39.3 Å². The van der Waals surface area contributed by atoms with Gasteiger partial charge in [-0.1, -0.05) is 6.07 Å². The van der Waals surface area contributed by atoms with Gasteiger partial charge in [0.25, 0.3) is 5.91 Å². The molecule has 0 bridgehead atoms. The predicted molar refractivity (Wildman–Crippen MR) is 66.3 cm³/mol. The van der Waals surface area contributed by atoms with Gasteiger partial charge in [0.1, 0.15) is 17.2 Å². The second kappa shape index (κ2) is 5.02. The van der Waals surface area contributed by atoms with Crippen LogP contribution in [0.3, 0.4) is 0 Å². The maximum Gasteiger partial charge on any atom is 0.257 e. The highest BCUT2D eigenvalue weighted by Crippen LogP contribution is 2.17. The van der Waals surface area contributed by atoms with Gasteiger partial charge in [-0.15, -0.1) is 0 Å². The lowest BCUT2D eigenvalue weighted by atomic mass is 9.96. The molecule has 1 amide bonds. The summed E-state index contributed by atoms with van der Waals surface area (Å²) < 4.78 is 27.3. The van der Waals surface area contributed by atoms with E-state index in [2.05, 4.69) is 5.32 Å². The van der Waals surface area contributed by atoms with Crippen molar-refractivity contribution in [3.63, 3.8) is 0 Å². The minimum atomic E-state index is -0.879. The number of hydrogen-bond acceptors (Lipinski definition) is 2. The highest BCUT2D eigenvalue weighted by atomic mass is 19.1. The van der Waals surface area contributed by atoms with Crippen molar-refractivity contribution in [2.24, 2.45) is 5.73 Å². The van der Waals surface area contributed by atoms with E-state index >= 15 is 0 Å². The molecule has 5 heteroatoms. The zero-order valence-electron chi connectivity index (χ0n) is 11.0. The molecule has 1 rings (SSSR count). The predicted octanol–water partition coefficient (Wildman–Crippen LogP) is 2.13. The average molecular weight is 256 g/mol. The van der Waals surface area contributed by atoms with Crippen LogP contribution in [0.1, 0.15) is 36.7 Å². The normalized spacial score (nSPS) is 13.3. The van der Waals surface area contributed by atoms with E-state index in [4.69, 9.17) is 5.73 Å². The van der Waals surface area contributed by atoms with Crippen LogP contribution in [0.5, 0.6) is 0 Å². The standard InChI is InChI=1S/C13H18F2N2O/c1-7-5-6-9(14)10(11(7)15)12(18)17-13(3,4)8(2)16/h5-6,8H,16H2,1-4H3,(H,17,18). The van der Waals surface area contributed by atoms with Crippen LogP contribution in [0.25, 0.3) is 0 Å². The number of halogens is 2. The number of nitrogens with two attached hydrogens (primary N) is 1. The van der Waals surface area contributed by atoms with E-state index in [9.17, 15) is 13.6 Å². The summed E-state index contributed by atoms with van der Waals surface area (Å²) in [7, 11) is 0. The fourth-order valence-electron chi connectivity index (χ4n) is 1.33. The van der Waals surface area contributed by atoms with Gasteiger partial charge in [-0.2, -0.15) is 0 Å². The van der Waals surface area contributed by atoms with Crippen LogP contribution in [0.15, 0.2) is 12.1 Å². The molecule has 0 radical (unpaired) electrons. The van der Waals surface area contributed by atoms with Gasteiger partial charge in [0.05, 0.1) is 0 Å². The third-order valence-electron chi connectivity index (χ3n) is 3.09. The zero-order valence-corrected chi connectivity index (χ0v) is 11.0. The van der Waals surface area contributed by atoms with Crippen LogP contribution in [-0.4, -0.2) is 17.5 Å². The number of carbonyl (C=O) groups is 1. The van der Waals surface area contributed by atoms with Crippen molar-refractivity contribution in [3.05, 3.63) is 34.9 Å². The molecular formula is C13H18F2N2O. The number of nitrogens with one attached hydrogen (secondary N) is 1. The molecule has 100 valence electrons. The number of amides is 1. The summed E-state index contributed by atoms with van der Waals surface area (Å²) in [5.41, 5.74) is 4.61. The first-order valence-corrected chi connectivity index (χ1v) is 5.69. The Morgan fingerprint density at radius 1 is 1.39 bits per heavy atom. The molecule has 3 nitrogen and oxygen atoms in total. The Labute approximate surface area is 105 Å². The van der Waals surface area contributed by atoms with Gasteiger partial charge in [0.15, 0.2) is 0 Å². The van der Waals surface area contributed by atoms with Crippen LogP contribution in [-0.2, 0) is 0 Å². The van der Waals surface area contributed by atoms with Gasteiger partial charge in [0.2, 0.25) is 0 Å². The summed E-state index contributed by atoms with van der Waals surface area (Å²) in [4.78, 5) is 11.9. The molecule has 0 heterocycles. The smallest absolute Gasteiger partial charge is 0.257 e. The number of rotatable bonds is 3. The SMILES string of the molecule is Cc1ccc(F)c(C(=O)NC(C)(C)C(C)N)c1F. The van der Waals surface area contributed by atoms with Crippen LogP contribution in [0, 0.1) is 18.6 Å². The van der Waals surface area contributed by atoms with Crippen LogP contribution in [0.4, 0.5) is 8.78 Å². The Morgan fingerprint density at radius 2 is 1.94 bits per heavy atom. The molecular weight excluding hydrogens is 238 g/mol. The van der Waals surface area contributed by atoms with Gasteiger partial charge in [0, 0.05) is 11.6 Å². The summed E-state index contributed by atoms with van der Waals surface area (Å²) in [6.07, 6.45) is 0. The second-order valence-corrected chi connectivity index (χ2v) is 5.02. The zero-order chi connectivity index (χ0) is 14.1. The van der Waals surface area contributed by atoms with E-state index in [1.165, 1.54) is 13.0 Å². The number of aryl methyl sites for hydroxylation is 1. The lowest BCUT2D eigenvalue weighted by Crippen LogP contribution is -2.54. The molecule has 1 unspecified atom stereocenters. The first-order valence-electron chi connectivity index (χ1n) is 5.69. The summed E-state index contributed by atoms with van der Waals surface area (Å²) in [5.74, 6) is -2.51. The largest absolute Gasteiger partial charge is 0.345 e. The van der Waals surface area contributed by atoms with Gasteiger partial charge in [-0.3, -0.25) is 4.79 Å². The average Bonchev–Trinajstić information content (AvgIpc) is 2.23. The van der Waals surface area contributed by atoms with E-state index in [0.29, 0.717) is 0 Å². The topological polar surface area (TPSA) is 55.1 Å². The molecule has 18 heavy (non-hydrogen) atoms. The van der Waals surface area contributed by atoms with Crippen molar-refractivity contribution >= 4 is 5.91 Å². The Kier molecular flexibility index (Phi) is 4.06. The summed E-state index contributed by atoms with van der Waals surface area (Å²) in [6, 6.07) is 2.02. The molecule has 1 atom stereocenters. The van der Waals surface area contributed by atoms with E-state index in [-0.39, 0.29) is 11.6 Å². The Morgan fingerprint density at radius 3 is 2.44 bits per heavy atom. The maximum atomic E-state index is 13.8. The molecule has 0 aliphatic rings. The molecule has 0 saturated carbocycles. The van der Waals surface area contributed by atoms with Gasteiger partial charge in [-0.25, -0.2) is 8.78 Å². The molecule has 0 aliphatic carbocycles. The molecule has 1 aromatic rings. The minimum Gasteiger partial charge on any atom is -0.345 e. The van der Waals surface area contributed by atoms with Crippen molar-refractivity contribution in [2.45, 2.75) is 39.3 Å². The molecule has 0 saturated heterocycles. The summed E-state index contributed by atoms with van der Waals surface area (Å²) in [5, 5.41) is 2.54. The van der Waals surface area contributed by atoms with Gasteiger partial charge < -0.3 is 11.1 Å². The first kappa shape index (κ1) is 14.6. The Bertz CT molecular complexity index is 470. The van der Waals surface area contributed by atoms with E-state index in [1.807, 2.05) is 0 Å². The van der Waals surface area contributed by atoms with Crippen LogP contribution < -0.4 is 11.1 Å². The third-order valence-corrected chi connectivity index (χ3v) is 3.09. The highest BCUT2D eigenvalue weighted by Gasteiger charge is 2.28. The van der Waals surface area contributed by atoms with Crippen molar-refractivity contribution in [2.75, 3.05) is 0 Å².